The standard InChI is InChI=1S/C21H25NO/c23-16-21(13-17-7-3-1-4-8-17)14-19-11-12-20(21)22(19)15-18-9-5-2-6-10-18/h1-10,19-20,23H,11-16H2/t19-,20+,21-/m0/s1. The number of aliphatic hydroxyl groups is 1. The van der Waals surface area contributed by atoms with Gasteiger partial charge in [0.15, 0.2) is 0 Å². The van der Waals surface area contributed by atoms with E-state index in [-0.39, 0.29) is 5.41 Å². The van der Waals surface area contributed by atoms with E-state index in [0.29, 0.717) is 18.7 Å². The van der Waals surface area contributed by atoms with E-state index in [1.54, 1.807) is 0 Å². The van der Waals surface area contributed by atoms with Crippen LogP contribution >= 0.6 is 0 Å². The number of fused-ring (bicyclic) bond motifs is 2. The van der Waals surface area contributed by atoms with Gasteiger partial charge in [-0.05, 0) is 36.8 Å². The third-order valence-corrected chi connectivity index (χ3v) is 5.91. The van der Waals surface area contributed by atoms with Crippen molar-refractivity contribution in [1.82, 2.24) is 4.90 Å². The van der Waals surface area contributed by atoms with Gasteiger partial charge in [0.25, 0.3) is 0 Å². The normalized spacial score (nSPS) is 30.0. The number of aliphatic hydroxyl groups excluding tert-OH is 1. The van der Waals surface area contributed by atoms with E-state index >= 15 is 0 Å². The third-order valence-electron chi connectivity index (χ3n) is 5.91. The van der Waals surface area contributed by atoms with Gasteiger partial charge in [0.2, 0.25) is 0 Å². The van der Waals surface area contributed by atoms with Gasteiger partial charge in [-0.1, -0.05) is 60.7 Å². The summed E-state index contributed by atoms with van der Waals surface area (Å²) in [6.45, 7) is 1.32. The van der Waals surface area contributed by atoms with Gasteiger partial charge in [-0.25, -0.2) is 0 Å². The van der Waals surface area contributed by atoms with Crippen molar-refractivity contribution >= 4 is 0 Å². The molecule has 2 aromatic carbocycles. The van der Waals surface area contributed by atoms with Crippen LogP contribution in [0, 0.1) is 5.41 Å². The van der Waals surface area contributed by atoms with Gasteiger partial charge >= 0.3 is 0 Å². The van der Waals surface area contributed by atoms with Crippen LogP contribution in [0.2, 0.25) is 0 Å². The van der Waals surface area contributed by atoms with E-state index in [1.807, 2.05) is 0 Å². The molecule has 2 aliphatic heterocycles. The Morgan fingerprint density at radius 2 is 1.57 bits per heavy atom. The van der Waals surface area contributed by atoms with Crippen LogP contribution in [0.25, 0.3) is 0 Å². The smallest absolute Gasteiger partial charge is 0.0506 e. The van der Waals surface area contributed by atoms with Crippen molar-refractivity contribution in [3.8, 4) is 0 Å². The van der Waals surface area contributed by atoms with E-state index in [0.717, 1.165) is 19.4 Å². The minimum Gasteiger partial charge on any atom is -0.396 e. The lowest BCUT2D eigenvalue weighted by Gasteiger charge is -2.36. The van der Waals surface area contributed by atoms with E-state index < -0.39 is 0 Å². The summed E-state index contributed by atoms with van der Waals surface area (Å²) in [5.74, 6) is 0. The molecule has 1 N–H and O–H groups in total. The topological polar surface area (TPSA) is 23.5 Å². The van der Waals surface area contributed by atoms with Gasteiger partial charge in [0, 0.05) is 24.0 Å². The van der Waals surface area contributed by atoms with Crippen LogP contribution in [0.5, 0.6) is 0 Å². The number of benzene rings is 2. The molecule has 2 aromatic rings. The fraction of sp³-hybridized carbons (Fsp3) is 0.429. The summed E-state index contributed by atoms with van der Waals surface area (Å²) in [6.07, 6.45) is 4.64. The molecule has 0 radical (unpaired) electrons. The van der Waals surface area contributed by atoms with Gasteiger partial charge in [0.1, 0.15) is 0 Å². The Morgan fingerprint density at radius 3 is 2.22 bits per heavy atom. The molecule has 23 heavy (non-hydrogen) atoms. The maximum Gasteiger partial charge on any atom is 0.0506 e. The van der Waals surface area contributed by atoms with E-state index in [1.165, 1.54) is 24.0 Å². The van der Waals surface area contributed by atoms with E-state index in [2.05, 4.69) is 65.6 Å². The quantitative estimate of drug-likeness (QED) is 0.911. The molecule has 120 valence electrons. The Kier molecular flexibility index (Phi) is 3.96. The Bertz CT molecular complexity index is 641. The molecule has 4 rings (SSSR count). The van der Waals surface area contributed by atoms with Crippen LogP contribution in [0.3, 0.4) is 0 Å². The highest BCUT2D eigenvalue weighted by atomic mass is 16.3. The highest BCUT2D eigenvalue weighted by molar-refractivity contribution is 5.22. The minimum absolute atomic E-state index is 0.0407. The molecule has 2 aliphatic rings. The van der Waals surface area contributed by atoms with Crippen molar-refractivity contribution in [3.63, 3.8) is 0 Å². The Balaban J connectivity index is 1.56. The molecule has 0 unspecified atom stereocenters. The molecule has 2 heterocycles. The molecule has 2 nitrogen and oxygen atoms in total. The van der Waals surface area contributed by atoms with Gasteiger partial charge in [0.05, 0.1) is 6.61 Å². The second-order valence-corrected chi connectivity index (χ2v) is 7.29. The molecule has 2 heteroatoms. The monoisotopic (exact) mass is 307 g/mol. The number of hydrogen-bond donors (Lipinski definition) is 1. The van der Waals surface area contributed by atoms with Crippen molar-refractivity contribution < 1.29 is 5.11 Å². The molecular formula is C21H25NO. The number of hydrogen-bond acceptors (Lipinski definition) is 2. The molecule has 0 amide bonds. The first kappa shape index (κ1) is 14.9. The van der Waals surface area contributed by atoms with Gasteiger partial charge in [-0.3, -0.25) is 4.90 Å². The van der Waals surface area contributed by atoms with Crippen molar-refractivity contribution in [3.05, 3.63) is 71.8 Å². The predicted octanol–water partition coefficient (Wildman–Crippen LogP) is 3.64. The average molecular weight is 307 g/mol. The van der Waals surface area contributed by atoms with Crippen LogP contribution in [0.4, 0.5) is 0 Å². The van der Waals surface area contributed by atoms with E-state index in [4.69, 9.17) is 0 Å². The first-order chi connectivity index (χ1) is 11.3. The molecule has 0 aliphatic carbocycles. The van der Waals surface area contributed by atoms with Crippen LogP contribution < -0.4 is 0 Å². The molecule has 3 atom stereocenters. The van der Waals surface area contributed by atoms with Crippen molar-refractivity contribution in [1.29, 1.82) is 0 Å². The highest BCUT2D eigenvalue weighted by Crippen LogP contribution is 2.51. The maximum atomic E-state index is 10.3. The lowest BCUT2D eigenvalue weighted by atomic mass is 9.70. The zero-order chi connectivity index (χ0) is 15.7. The van der Waals surface area contributed by atoms with Gasteiger partial charge < -0.3 is 5.11 Å². The fourth-order valence-electron chi connectivity index (χ4n) is 4.87. The van der Waals surface area contributed by atoms with Crippen molar-refractivity contribution in [2.24, 2.45) is 5.41 Å². The molecule has 2 saturated heterocycles. The summed E-state index contributed by atoms with van der Waals surface area (Å²) in [4.78, 5) is 2.66. The van der Waals surface area contributed by atoms with Crippen LogP contribution in [0.1, 0.15) is 30.4 Å². The minimum atomic E-state index is 0.0407. The fourth-order valence-corrected chi connectivity index (χ4v) is 4.87. The summed E-state index contributed by atoms with van der Waals surface area (Å²) in [5.41, 5.74) is 2.78. The zero-order valence-corrected chi connectivity index (χ0v) is 13.6. The maximum absolute atomic E-state index is 10.3. The second-order valence-electron chi connectivity index (χ2n) is 7.29. The highest BCUT2D eigenvalue weighted by Gasteiger charge is 2.55. The lowest BCUT2D eigenvalue weighted by molar-refractivity contribution is 0.0751. The Labute approximate surface area is 138 Å². The molecule has 2 bridgehead atoms. The average Bonchev–Trinajstić information content (AvgIpc) is 3.11. The largest absolute Gasteiger partial charge is 0.396 e. The summed E-state index contributed by atoms with van der Waals surface area (Å²) < 4.78 is 0. The molecule has 0 aromatic heterocycles. The summed E-state index contributed by atoms with van der Waals surface area (Å²) in [5, 5.41) is 10.3. The molecular weight excluding hydrogens is 282 g/mol. The van der Waals surface area contributed by atoms with Gasteiger partial charge in [-0.15, -0.1) is 0 Å². The second kappa shape index (κ2) is 6.10. The summed E-state index contributed by atoms with van der Waals surface area (Å²) >= 11 is 0. The van der Waals surface area contributed by atoms with Crippen LogP contribution in [-0.4, -0.2) is 28.7 Å². The Morgan fingerprint density at radius 1 is 0.913 bits per heavy atom. The summed E-state index contributed by atoms with van der Waals surface area (Å²) in [7, 11) is 0. The summed E-state index contributed by atoms with van der Waals surface area (Å²) in [6, 6.07) is 22.6. The zero-order valence-electron chi connectivity index (χ0n) is 13.6. The SMILES string of the molecule is OC[C@]1(Cc2ccccc2)C[C@@H]2CC[C@H]1N2Cc1ccccc1. The Hall–Kier alpha value is -1.64. The lowest BCUT2D eigenvalue weighted by Crippen LogP contribution is -2.41. The predicted molar refractivity (Wildman–Crippen MR) is 93.1 cm³/mol. The van der Waals surface area contributed by atoms with Crippen LogP contribution in [-0.2, 0) is 13.0 Å². The van der Waals surface area contributed by atoms with E-state index in [9.17, 15) is 5.11 Å². The van der Waals surface area contributed by atoms with Crippen molar-refractivity contribution in [2.45, 2.75) is 44.3 Å². The number of nitrogens with zero attached hydrogens (tertiary/aromatic N) is 1. The van der Waals surface area contributed by atoms with Crippen molar-refractivity contribution in [2.75, 3.05) is 6.61 Å². The number of rotatable bonds is 5. The first-order valence-electron chi connectivity index (χ1n) is 8.75. The van der Waals surface area contributed by atoms with Gasteiger partial charge in [-0.2, -0.15) is 0 Å². The molecule has 0 saturated carbocycles. The third kappa shape index (κ3) is 2.71. The molecule has 2 fully saturated rings. The molecule has 0 spiro atoms. The van der Waals surface area contributed by atoms with Crippen LogP contribution in [0.15, 0.2) is 60.7 Å². The first-order valence-corrected chi connectivity index (χ1v) is 8.75.